The lowest BCUT2D eigenvalue weighted by Gasteiger charge is -2.32. The van der Waals surface area contributed by atoms with E-state index in [1.54, 1.807) is 11.0 Å². The number of aryl methyl sites for hydroxylation is 1. The zero-order valence-corrected chi connectivity index (χ0v) is 25.1. The van der Waals surface area contributed by atoms with Crippen molar-refractivity contribution in [3.05, 3.63) is 120 Å². The fraction of sp³-hybridized carbons (Fsp3) is 0.278. The van der Waals surface area contributed by atoms with Gasteiger partial charge in [-0.25, -0.2) is 9.37 Å². The number of nitrogens with zero attached hydrogens (tertiary/aromatic N) is 3. The van der Waals surface area contributed by atoms with Crippen molar-refractivity contribution < 1.29 is 13.9 Å². The van der Waals surface area contributed by atoms with Gasteiger partial charge in [0.25, 0.3) is 5.91 Å². The molecule has 222 valence electrons. The van der Waals surface area contributed by atoms with Gasteiger partial charge in [-0.1, -0.05) is 48.5 Å². The van der Waals surface area contributed by atoms with Crippen molar-refractivity contribution in [2.75, 3.05) is 38.6 Å². The molecular formula is C36H39FN4O2. The summed E-state index contributed by atoms with van der Waals surface area (Å²) in [5.74, 6) is -0.0703. The number of hydrogen-bond donors (Lipinski definition) is 1. The average molecular weight is 579 g/mol. The summed E-state index contributed by atoms with van der Waals surface area (Å²) in [4.78, 5) is 21.9. The predicted molar refractivity (Wildman–Crippen MR) is 172 cm³/mol. The van der Waals surface area contributed by atoms with Crippen LogP contribution in [0.15, 0.2) is 91.6 Å². The number of hydrogen-bond acceptors (Lipinski definition) is 5. The smallest absolute Gasteiger partial charge is 0.254 e. The van der Waals surface area contributed by atoms with Gasteiger partial charge in [0.2, 0.25) is 5.88 Å². The van der Waals surface area contributed by atoms with Crippen molar-refractivity contribution in [3.63, 3.8) is 0 Å². The van der Waals surface area contributed by atoms with Gasteiger partial charge < -0.3 is 19.9 Å². The van der Waals surface area contributed by atoms with Crippen LogP contribution in [0.3, 0.4) is 0 Å². The highest BCUT2D eigenvalue weighted by Crippen LogP contribution is 2.25. The molecule has 1 N–H and O–H groups in total. The normalized spacial score (nSPS) is 13.4. The first-order chi connectivity index (χ1) is 20.8. The van der Waals surface area contributed by atoms with E-state index < -0.39 is 5.82 Å². The summed E-state index contributed by atoms with van der Waals surface area (Å²) in [6.07, 6.45) is 3.92. The van der Waals surface area contributed by atoms with E-state index in [4.69, 9.17) is 4.74 Å². The van der Waals surface area contributed by atoms with E-state index in [1.165, 1.54) is 23.3 Å². The molecule has 1 amide bonds. The molecule has 1 saturated heterocycles. The summed E-state index contributed by atoms with van der Waals surface area (Å²) < 4.78 is 20.5. The van der Waals surface area contributed by atoms with Crippen molar-refractivity contribution >= 4 is 17.3 Å². The monoisotopic (exact) mass is 578 g/mol. The third kappa shape index (κ3) is 7.60. The number of amides is 1. The van der Waals surface area contributed by atoms with Crippen LogP contribution in [0.5, 0.6) is 5.88 Å². The van der Waals surface area contributed by atoms with Gasteiger partial charge in [0.15, 0.2) is 0 Å². The summed E-state index contributed by atoms with van der Waals surface area (Å²) in [7, 11) is 4.03. The Bertz CT molecular complexity index is 1540. The maximum atomic E-state index is 14.3. The molecule has 0 radical (unpaired) electrons. The standard InChI is InChI=1S/C36H39FN4O2/c1-25-5-9-28(10-6-25)29-11-16-35(39-24-29)43-32-18-21-41(22-19-32)36(42)34-23-30(37)12-15-33(34)26(2)38-20-17-27-7-13-31(14-8-27)40(3)4/h5-16,23-24,32,38H,2,17-22H2,1,3-4H3. The quantitative estimate of drug-likeness (QED) is 0.226. The van der Waals surface area contributed by atoms with Crippen LogP contribution in [0.1, 0.15) is 39.9 Å². The first-order valence-electron chi connectivity index (χ1n) is 14.7. The van der Waals surface area contributed by atoms with E-state index in [9.17, 15) is 9.18 Å². The van der Waals surface area contributed by atoms with E-state index in [-0.39, 0.29) is 12.0 Å². The van der Waals surface area contributed by atoms with Gasteiger partial charge in [-0.15, -0.1) is 0 Å². The van der Waals surface area contributed by atoms with Gasteiger partial charge in [0, 0.05) is 81.3 Å². The SMILES string of the molecule is C=C(NCCc1ccc(N(C)C)cc1)c1ccc(F)cc1C(=O)N1CCC(Oc2ccc(-c3ccc(C)cc3)cn2)CC1. The zero-order chi connectivity index (χ0) is 30.3. The van der Waals surface area contributed by atoms with Crippen LogP contribution in [0.4, 0.5) is 10.1 Å². The molecule has 0 bridgehead atoms. The molecule has 6 nitrogen and oxygen atoms in total. The highest BCUT2D eigenvalue weighted by atomic mass is 19.1. The molecule has 1 aliphatic rings. The van der Waals surface area contributed by atoms with Crippen LogP contribution in [0.25, 0.3) is 16.8 Å². The Morgan fingerprint density at radius 1 is 0.977 bits per heavy atom. The van der Waals surface area contributed by atoms with E-state index in [0.717, 1.165) is 23.2 Å². The summed E-state index contributed by atoms with van der Waals surface area (Å²) in [5.41, 5.74) is 7.25. The van der Waals surface area contributed by atoms with Crippen LogP contribution in [-0.2, 0) is 6.42 Å². The summed E-state index contributed by atoms with van der Waals surface area (Å²) in [6.45, 7) is 7.91. The fourth-order valence-electron chi connectivity index (χ4n) is 5.25. The Hall–Kier alpha value is -4.65. The predicted octanol–water partition coefficient (Wildman–Crippen LogP) is 6.75. The van der Waals surface area contributed by atoms with Gasteiger partial charge in [0.05, 0.1) is 5.56 Å². The molecule has 1 aromatic heterocycles. The molecule has 0 spiro atoms. The van der Waals surface area contributed by atoms with Gasteiger partial charge >= 0.3 is 0 Å². The molecule has 0 aliphatic carbocycles. The number of aromatic nitrogens is 1. The van der Waals surface area contributed by atoms with Gasteiger partial charge in [-0.05, 0) is 60.9 Å². The minimum absolute atomic E-state index is 0.0443. The minimum Gasteiger partial charge on any atom is -0.474 e. The Morgan fingerprint density at radius 2 is 1.67 bits per heavy atom. The lowest BCUT2D eigenvalue weighted by molar-refractivity contribution is 0.0587. The third-order valence-corrected chi connectivity index (χ3v) is 7.88. The van der Waals surface area contributed by atoms with Crippen LogP contribution in [-0.4, -0.2) is 55.6 Å². The molecule has 7 heteroatoms. The van der Waals surface area contributed by atoms with E-state index in [0.29, 0.717) is 55.2 Å². The number of nitrogens with one attached hydrogen (secondary N) is 1. The molecule has 0 saturated carbocycles. The van der Waals surface area contributed by atoms with Crippen LogP contribution >= 0.6 is 0 Å². The Kier molecular flexibility index (Phi) is 9.40. The highest BCUT2D eigenvalue weighted by molar-refractivity contribution is 5.99. The average Bonchev–Trinajstić information content (AvgIpc) is 3.02. The topological polar surface area (TPSA) is 57.7 Å². The number of likely N-dealkylation sites (tertiary alicyclic amines) is 1. The second-order valence-corrected chi connectivity index (χ2v) is 11.3. The van der Waals surface area contributed by atoms with Crippen molar-refractivity contribution in [1.82, 2.24) is 15.2 Å². The maximum Gasteiger partial charge on any atom is 0.254 e. The van der Waals surface area contributed by atoms with E-state index in [2.05, 4.69) is 77.2 Å². The Morgan fingerprint density at radius 3 is 2.33 bits per heavy atom. The molecule has 1 fully saturated rings. The first kappa shape index (κ1) is 29.8. The molecule has 2 heterocycles. The van der Waals surface area contributed by atoms with E-state index >= 15 is 0 Å². The van der Waals surface area contributed by atoms with Crippen LogP contribution in [0.2, 0.25) is 0 Å². The van der Waals surface area contributed by atoms with Crippen molar-refractivity contribution in [2.45, 2.75) is 32.3 Å². The molecule has 1 aliphatic heterocycles. The third-order valence-electron chi connectivity index (χ3n) is 7.88. The number of carbonyl (C=O) groups is 1. The van der Waals surface area contributed by atoms with Crippen molar-refractivity contribution in [2.24, 2.45) is 0 Å². The maximum absolute atomic E-state index is 14.3. The fourth-order valence-corrected chi connectivity index (χ4v) is 5.25. The van der Waals surface area contributed by atoms with Crippen molar-refractivity contribution in [3.8, 4) is 17.0 Å². The molecule has 0 unspecified atom stereocenters. The Balaban J connectivity index is 1.15. The molecule has 3 aromatic carbocycles. The van der Waals surface area contributed by atoms with Gasteiger partial charge in [0.1, 0.15) is 11.9 Å². The highest BCUT2D eigenvalue weighted by Gasteiger charge is 2.27. The second kappa shape index (κ2) is 13.6. The Labute approximate surface area is 253 Å². The van der Waals surface area contributed by atoms with Crippen LogP contribution in [0, 0.1) is 12.7 Å². The van der Waals surface area contributed by atoms with Crippen molar-refractivity contribution in [1.29, 1.82) is 0 Å². The summed E-state index contributed by atoms with van der Waals surface area (Å²) in [5, 5.41) is 3.33. The number of benzene rings is 3. The summed E-state index contributed by atoms with van der Waals surface area (Å²) >= 11 is 0. The van der Waals surface area contributed by atoms with Crippen LogP contribution < -0.4 is 15.0 Å². The summed E-state index contributed by atoms with van der Waals surface area (Å²) in [6, 6.07) is 25.0. The lowest BCUT2D eigenvalue weighted by atomic mass is 10.0. The second-order valence-electron chi connectivity index (χ2n) is 11.3. The molecule has 5 rings (SSSR count). The molecule has 0 atom stereocenters. The zero-order valence-electron chi connectivity index (χ0n) is 25.1. The van der Waals surface area contributed by atoms with Gasteiger partial charge in [-0.2, -0.15) is 0 Å². The number of pyridine rings is 1. The van der Waals surface area contributed by atoms with E-state index in [1.807, 2.05) is 32.4 Å². The first-order valence-corrected chi connectivity index (χ1v) is 14.7. The molecule has 43 heavy (non-hydrogen) atoms. The number of halogens is 1. The molecular weight excluding hydrogens is 539 g/mol. The number of anilines is 1. The minimum atomic E-state index is -0.445. The van der Waals surface area contributed by atoms with Gasteiger partial charge in [-0.3, -0.25) is 4.79 Å². The number of carbonyl (C=O) groups excluding carboxylic acids is 1. The largest absolute Gasteiger partial charge is 0.474 e. The number of rotatable bonds is 10. The molecule has 4 aromatic rings. The lowest BCUT2D eigenvalue weighted by Crippen LogP contribution is -2.42. The number of ether oxygens (including phenoxy) is 1. The number of piperidine rings is 1.